The minimum Gasteiger partial charge on any atom is -0.435 e. The summed E-state index contributed by atoms with van der Waals surface area (Å²) < 4.78 is 114. The quantitative estimate of drug-likeness (QED) is 0.186. The first kappa shape index (κ1) is 27.4. The predicted octanol–water partition coefficient (Wildman–Crippen LogP) is 6.82. The molecule has 0 radical (unpaired) electrons. The molecule has 1 aliphatic heterocycles. The molecular formula is C28H20F6N2O3S. The smallest absolute Gasteiger partial charge is 0.387 e. The Hall–Kier alpha value is -4.19. The van der Waals surface area contributed by atoms with Crippen molar-refractivity contribution in [2.75, 3.05) is 29.3 Å². The van der Waals surface area contributed by atoms with Gasteiger partial charge in [0.15, 0.2) is 17.5 Å². The maximum Gasteiger partial charge on any atom is 0.387 e. The molecule has 0 spiro atoms. The van der Waals surface area contributed by atoms with Crippen LogP contribution in [0.5, 0.6) is 5.75 Å². The van der Waals surface area contributed by atoms with Crippen LogP contribution in [0.15, 0.2) is 77.7 Å². The van der Waals surface area contributed by atoms with Crippen molar-refractivity contribution < 1.29 is 39.5 Å². The second kappa shape index (κ2) is 10.4. The normalized spacial score (nSPS) is 13.5. The van der Waals surface area contributed by atoms with E-state index in [4.69, 9.17) is 0 Å². The number of nitrogens with zero attached hydrogens (tertiary/aromatic N) is 2. The van der Waals surface area contributed by atoms with E-state index in [1.165, 1.54) is 30.3 Å². The molecule has 0 unspecified atom stereocenters. The summed E-state index contributed by atoms with van der Waals surface area (Å²) in [6.45, 7) is -2.83. The van der Waals surface area contributed by atoms with Gasteiger partial charge in [0.25, 0.3) is 10.0 Å². The van der Waals surface area contributed by atoms with Gasteiger partial charge in [-0.05, 0) is 65.2 Å². The van der Waals surface area contributed by atoms with Crippen molar-refractivity contribution in [3.05, 3.63) is 96.1 Å². The van der Waals surface area contributed by atoms with Gasteiger partial charge in [0.2, 0.25) is 0 Å². The van der Waals surface area contributed by atoms with Crippen LogP contribution in [-0.2, 0) is 10.0 Å². The molecule has 0 saturated carbocycles. The fraction of sp³-hybridized carbons (Fsp3) is 0.143. The number of hydrogen-bond donors (Lipinski definition) is 0. The average Bonchev–Trinajstić information content (AvgIpc) is 2.91. The summed E-state index contributed by atoms with van der Waals surface area (Å²) in [5, 5.41) is 0. The summed E-state index contributed by atoms with van der Waals surface area (Å²) in [4.78, 5) is 1.59. The molecule has 0 fully saturated rings. The van der Waals surface area contributed by atoms with E-state index in [0.29, 0.717) is 17.8 Å². The maximum absolute atomic E-state index is 14.4. The summed E-state index contributed by atoms with van der Waals surface area (Å²) in [5.41, 5.74) is 0.986. The first-order valence-electron chi connectivity index (χ1n) is 11.8. The summed E-state index contributed by atoms with van der Waals surface area (Å²) in [7, 11) is -2.52. The van der Waals surface area contributed by atoms with Crippen molar-refractivity contribution in [3.63, 3.8) is 0 Å². The van der Waals surface area contributed by atoms with Crippen LogP contribution in [-0.4, -0.2) is 35.2 Å². The van der Waals surface area contributed by atoms with E-state index in [2.05, 4.69) is 4.74 Å². The molecule has 1 aliphatic rings. The molecule has 0 amide bonds. The summed E-state index contributed by atoms with van der Waals surface area (Å²) in [6, 6.07) is 14.8. The summed E-state index contributed by atoms with van der Waals surface area (Å²) >= 11 is 0. The lowest BCUT2D eigenvalue weighted by molar-refractivity contribution is -0.0499. The zero-order valence-electron chi connectivity index (χ0n) is 20.7. The lowest BCUT2D eigenvalue weighted by atomic mass is 10.0. The van der Waals surface area contributed by atoms with Crippen LogP contribution in [0, 0.1) is 23.3 Å². The van der Waals surface area contributed by atoms with E-state index in [1.807, 2.05) is 4.90 Å². The van der Waals surface area contributed by atoms with Gasteiger partial charge in [-0.15, -0.1) is 0 Å². The van der Waals surface area contributed by atoms with Crippen LogP contribution in [0.3, 0.4) is 0 Å². The zero-order valence-corrected chi connectivity index (χ0v) is 21.5. The molecule has 0 atom stereocenters. The molecule has 0 aromatic heterocycles. The highest BCUT2D eigenvalue weighted by molar-refractivity contribution is 7.92. The van der Waals surface area contributed by atoms with Gasteiger partial charge >= 0.3 is 6.61 Å². The summed E-state index contributed by atoms with van der Waals surface area (Å²) in [6.07, 6.45) is 0. The number of rotatable bonds is 6. The van der Waals surface area contributed by atoms with Gasteiger partial charge in [0.1, 0.15) is 11.6 Å². The molecule has 1 heterocycles. The van der Waals surface area contributed by atoms with Crippen molar-refractivity contribution in [1.29, 1.82) is 0 Å². The van der Waals surface area contributed by atoms with Gasteiger partial charge in [0, 0.05) is 25.2 Å². The highest BCUT2D eigenvalue weighted by Crippen LogP contribution is 2.40. The van der Waals surface area contributed by atoms with Gasteiger partial charge in [0.05, 0.1) is 22.8 Å². The van der Waals surface area contributed by atoms with Crippen LogP contribution in [0.4, 0.5) is 37.7 Å². The number of hydrogen-bond acceptors (Lipinski definition) is 4. The largest absolute Gasteiger partial charge is 0.435 e. The predicted molar refractivity (Wildman–Crippen MR) is 138 cm³/mol. The molecule has 12 heteroatoms. The molecule has 0 N–H and O–H groups in total. The van der Waals surface area contributed by atoms with Gasteiger partial charge in [-0.2, -0.15) is 8.78 Å². The SMILES string of the molecule is CN1CCN(S(=O)(=O)c2cccc(-c3ccc(F)c(F)c3F)c2)c2cc(-c3cc(F)cc(OC(F)F)c3)ccc21. The molecule has 0 aliphatic carbocycles. The van der Waals surface area contributed by atoms with Gasteiger partial charge in [-0.3, -0.25) is 4.31 Å². The molecule has 5 rings (SSSR count). The number of fused-ring (bicyclic) bond motifs is 1. The van der Waals surface area contributed by atoms with Crippen molar-refractivity contribution in [2.24, 2.45) is 0 Å². The van der Waals surface area contributed by atoms with Crippen LogP contribution in [0.1, 0.15) is 0 Å². The average molecular weight is 579 g/mol. The molecule has 4 aromatic rings. The maximum atomic E-state index is 14.4. The van der Waals surface area contributed by atoms with E-state index in [-0.39, 0.29) is 33.8 Å². The van der Waals surface area contributed by atoms with Crippen molar-refractivity contribution in [3.8, 4) is 28.0 Å². The number of likely N-dealkylation sites (N-methyl/N-ethyl adjacent to an activating group) is 1. The van der Waals surface area contributed by atoms with E-state index in [1.54, 1.807) is 19.2 Å². The van der Waals surface area contributed by atoms with Crippen LogP contribution in [0.2, 0.25) is 0 Å². The highest BCUT2D eigenvalue weighted by Gasteiger charge is 2.32. The summed E-state index contributed by atoms with van der Waals surface area (Å²) in [5.74, 6) is -5.72. The Bertz CT molecular complexity index is 1710. The van der Waals surface area contributed by atoms with Crippen molar-refractivity contribution >= 4 is 21.4 Å². The Morgan fingerprint density at radius 3 is 2.30 bits per heavy atom. The lowest BCUT2D eigenvalue weighted by Crippen LogP contribution is -2.42. The number of halogens is 6. The number of sulfonamides is 1. The number of benzene rings is 4. The van der Waals surface area contributed by atoms with E-state index in [0.717, 1.165) is 34.6 Å². The van der Waals surface area contributed by atoms with E-state index < -0.39 is 45.7 Å². The number of anilines is 2. The fourth-order valence-corrected chi connectivity index (χ4v) is 6.07. The van der Waals surface area contributed by atoms with Crippen LogP contribution < -0.4 is 13.9 Å². The lowest BCUT2D eigenvalue weighted by Gasteiger charge is -2.36. The number of ether oxygens (including phenoxy) is 1. The third-order valence-electron chi connectivity index (χ3n) is 6.49. The van der Waals surface area contributed by atoms with Crippen LogP contribution >= 0.6 is 0 Å². The Morgan fingerprint density at radius 2 is 1.55 bits per heavy atom. The molecule has 40 heavy (non-hydrogen) atoms. The Balaban J connectivity index is 1.58. The second-order valence-electron chi connectivity index (χ2n) is 9.01. The second-order valence-corrected chi connectivity index (χ2v) is 10.9. The minimum absolute atomic E-state index is 0.0158. The van der Waals surface area contributed by atoms with Crippen LogP contribution in [0.25, 0.3) is 22.3 Å². The Labute approximate surface area is 225 Å². The minimum atomic E-state index is -4.27. The number of alkyl halides is 2. The van der Waals surface area contributed by atoms with Gasteiger partial charge in [-0.1, -0.05) is 18.2 Å². The Kier molecular flexibility index (Phi) is 7.13. The van der Waals surface area contributed by atoms with Gasteiger partial charge in [-0.25, -0.2) is 26.0 Å². The molecule has 208 valence electrons. The third-order valence-corrected chi connectivity index (χ3v) is 8.30. The van der Waals surface area contributed by atoms with Crippen molar-refractivity contribution in [2.45, 2.75) is 11.5 Å². The molecule has 0 saturated heterocycles. The van der Waals surface area contributed by atoms with Crippen molar-refractivity contribution in [1.82, 2.24) is 0 Å². The first-order valence-corrected chi connectivity index (χ1v) is 13.3. The van der Waals surface area contributed by atoms with Gasteiger partial charge < -0.3 is 9.64 Å². The topological polar surface area (TPSA) is 49.9 Å². The monoisotopic (exact) mass is 578 g/mol. The highest BCUT2D eigenvalue weighted by atomic mass is 32.2. The molecular weight excluding hydrogens is 558 g/mol. The molecule has 5 nitrogen and oxygen atoms in total. The third kappa shape index (κ3) is 5.06. The molecule has 0 bridgehead atoms. The Morgan fingerprint density at radius 1 is 0.775 bits per heavy atom. The first-order chi connectivity index (χ1) is 19.0. The zero-order chi connectivity index (χ0) is 28.8. The van der Waals surface area contributed by atoms with E-state index in [9.17, 15) is 34.8 Å². The van der Waals surface area contributed by atoms with E-state index >= 15 is 0 Å². The fourth-order valence-electron chi connectivity index (χ4n) is 4.56. The standard InChI is InChI=1S/C28H20F6N2O3S/c1-35-9-10-36(25-14-16(5-8-24(25)35)18-11-19(29)15-20(12-18)39-28(33)34)40(37,38)21-4-2-3-17(13-21)22-6-7-23(30)27(32)26(22)31/h2-8,11-15,28H,9-10H2,1H3. The molecule has 4 aromatic carbocycles.